The zero-order valence-corrected chi connectivity index (χ0v) is 10.5. The molecule has 1 aromatic carbocycles. The maximum atomic E-state index is 11.1. The van der Waals surface area contributed by atoms with E-state index < -0.39 is 0 Å². The zero-order valence-electron chi connectivity index (χ0n) is 10.5. The Kier molecular flexibility index (Phi) is 3.11. The van der Waals surface area contributed by atoms with Crippen LogP contribution in [-0.2, 0) is 13.0 Å². The normalized spacial score (nSPS) is 10.7. The summed E-state index contributed by atoms with van der Waals surface area (Å²) in [5.41, 5.74) is 3.12. The van der Waals surface area contributed by atoms with Gasteiger partial charge in [0.2, 0.25) is 0 Å². The van der Waals surface area contributed by atoms with Gasteiger partial charge >= 0.3 is 0 Å². The summed E-state index contributed by atoms with van der Waals surface area (Å²) >= 11 is 0. The molecule has 3 heteroatoms. The molecule has 0 saturated heterocycles. The minimum Gasteiger partial charge on any atom is -0.346 e. The first kappa shape index (κ1) is 11.7. The number of nitrogens with zero attached hydrogens (tertiary/aromatic N) is 2. The van der Waals surface area contributed by atoms with Crippen LogP contribution < -0.4 is 0 Å². The smallest absolute Gasteiger partial charge is 0.152 e. The first-order chi connectivity index (χ1) is 9.38. The van der Waals surface area contributed by atoms with Gasteiger partial charge in [-0.15, -0.1) is 0 Å². The number of hydrogen-bond donors (Lipinski definition) is 0. The van der Waals surface area contributed by atoms with Crippen LogP contribution in [0, 0.1) is 0 Å². The maximum absolute atomic E-state index is 11.1. The highest BCUT2D eigenvalue weighted by atomic mass is 16.1. The van der Waals surface area contributed by atoms with Crippen LogP contribution in [0.25, 0.3) is 10.9 Å². The van der Waals surface area contributed by atoms with E-state index in [0.717, 1.165) is 35.7 Å². The Balaban J connectivity index is 1.91. The Hall–Kier alpha value is -2.42. The predicted molar refractivity (Wildman–Crippen MR) is 75.3 cm³/mol. The summed E-state index contributed by atoms with van der Waals surface area (Å²) in [6, 6.07) is 12.0. The molecule has 0 aliphatic rings. The van der Waals surface area contributed by atoms with E-state index in [2.05, 4.69) is 15.6 Å². The zero-order chi connectivity index (χ0) is 13.1. The number of para-hydroxylation sites is 1. The Morgan fingerprint density at radius 2 is 1.89 bits per heavy atom. The molecule has 0 bridgehead atoms. The van der Waals surface area contributed by atoms with Gasteiger partial charge in [0.25, 0.3) is 0 Å². The van der Waals surface area contributed by atoms with Gasteiger partial charge in [-0.3, -0.25) is 9.78 Å². The predicted octanol–water partition coefficient (Wildman–Crippen LogP) is 3.09. The first-order valence-corrected chi connectivity index (χ1v) is 6.30. The van der Waals surface area contributed by atoms with E-state index in [-0.39, 0.29) is 0 Å². The molecule has 0 amide bonds. The number of pyridine rings is 1. The lowest BCUT2D eigenvalue weighted by atomic mass is 10.2. The van der Waals surface area contributed by atoms with Gasteiger partial charge in [-0.25, -0.2) is 0 Å². The van der Waals surface area contributed by atoms with E-state index >= 15 is 0 Å². The Morgan fingerprint density at radius 1 is 1.11 bits per heavy atom. The second-order valence-corrected chi connectivity index (χ2v) is 4.52. The van der Waals surface area contributed by atoms with Crippen molar-refractivity contribution in [2.24, 2.45) is 0 Å². The van der Waals surface area contributed by atoms with Crippen molar-refractivity contribution in [2.45, 2.75) is 13.0 Å². The molecule has 0 aliphatic carbocycles. The van der Waals surface area contributed by atoms with Gasteiger partial charge < -0.3 is 4.57 Å². The number of carbonyl (C=O) groups excluding carboxylic acids is 1. The molecule has 0 spiro atoms. The Labute approximate surface area is 111 Å². The van der Waals surface area contributed by atoms with Gasteiger partial charge in [-0.2, -0.15) is 0 Å². The van der Waals surface area contributed by atoms with Crippen LogP contribution in [-0.4, -0.2) is 15.8 Å². The molecule has 3 rings (SSSR count). The fourth-order valence-corrected chi connectivity index (χ4v) is 2.35. The summed E-state index contributed by atoms with van der Waals surface area (Å²) in [6.45, 7) is 0.859. The summed E-state index contributed by atoms with van der Waals surface area (Å²) in [5, 5.41) is 1.02. The fourth-order valence-electron chi connectivity index (χ4n) is 2.35. The average molecular weight is 250 g/mol. The second kappa shape index (κ2) is 5.06. The summed E-state index contributed by atoms with van der Waals surface area (Å²) in [4.78, 5) is 15.1. The van der Waals surface area contributed by atoms with Crippen LogP contribution in [0.5, 0.6) is 0 Å². The lowest BCUT2D eigenvalue weighted by Gasteiger charge is -2.05. The van der Waals surface area contributed by atoms with Gasteiger partial charge in [0, 0.05) is 41.6 Å². The summed E-state index contributed by atoms with van der Waals surface area (Å²) in [5.74, 6) is 0. The highest BCUT2D eigenvalue weighted by Crippen LogP contribution is 2.20. The Bertz CT molecular complexity index is 701. The standard InChI is InChI=1S/C16H14N2O/c19-12-14-11-18(16-4-2-1-3-15(14)16)10-7-13-5-8-17-9-6-13/h1-6,8-9,11-12H,7,10H2. The molecule has 2 aromatic heterocycles. The van der Waals surface area contributed by atoms with Crippen molar-refractivity contribution in [3.05, 3.63) is 66.1 Å². The van der Waals surface area contributed by atoms with Crippen molar-refractivity contribution in [3.63, 3.8) is 0 Å². The molecular formula is C16H14N2O. The van der Waals surface area contributed by atoms with Crippen LogP contribution in [0.4, 0.5) is 0 Å². The number of fused-ring (bicyclic) bond motifs is 1. The van der Waals surface area contributed by atoms with Gasteiger partial charge in [0.05, 0.1) is 0 Å². The van der Waals surface area contributed by atoms with Crippen molar-refractivity contribution in [2.75, 3.05) is 0 Å². The topological polar surface area (TPSA) is 34.9 Å². The van der Waals surface area contributed by atoms with Gasteiger partial charge in [-0.05, 0) is 30.2 Å². The molecule has 0 N–H and O–H groups in total. The number of benzene rings is 1. The van der Waals surface area contributed by atoms with E-state index in [4.69, 9.17) is 0 Å². The lowest BCUT2D eigenvalue weighted by molar-refractivity contribution is 0.112. The van der Waals surface area contributed by atoms with E-state index in [0.29, 0.717) is 0 Å². The quantitative estimate of drug-likeness (QED) is 0.667. The number of carbonyl (C=O) groups is 1. The van der Waals surface area contributed by atoms with Crippen molar-refractivity contribution in [1.82, 2.24) is 9.55 Å². The number of hydrogen-bond acceptors (Lipinski definition) is 2. The SMILES string of the molecule is O=Cc1cn(CCc2ccncc2)c2ccccc12. The number of aryl methyl sites for hydroxylation is 2. The molecular weight excluding hydrogens is 236 g/mol. The van der Waals surface area contributed by atoms with Crippen molar-refractivity contribution < 1.29 is 4.79 Å². The van der Waals surface area contributed by atoms with E-state index in [9.17, 15) is 4.79 Å². The van der Waals surface area contributed by atoms with Crippen molar-refractivity contribution in [1.29, 1.82) is 0 Å². The summed E-state index contributed by atoms with van der Waals surface area (Å²) < 4.78 is 2.14. The van der Waals surface area contributed by atoms with Crippen LogP contribution in [0.3, 0.4) is 0 Å². The summed E-state index contributed by atoms with van der Waals surface area (Å²) in [7, 11) is 0. The van der Waals surface area contributed by atoms with Crippen LogP contribution in [0.15, 0.2) is 55.0 Å². The van der Waals surface area contributed by atoms with Crippen LogP contribution in [0.1, 0.15) is 15.9 Å². The third-order valence-corrected chi connectivity index (χ3v) is 3.34. The van der Waals surface area contributed by atoms with Gasteiger partial charge in [0.15, 0.2) is 6.29 Å². The third-order valence-electron chi connectivity index (χ3n) is 3.34. The van der Waals surface area contributed by atoms with Crippen LogP contribution >= 0.6 is 0 Å². The highest BCUT2D eigenvalue weighted by molar-refractivity contribution is 5.97. The largest absolute Gasteiger partial charge is 0.346 e. The third kappa shape index (κ3) is 2.27. The number of rotatable bonds is 4. The molecule has 2 heterocycles. The molecule has 0 fully saturated rings. The molecule has 3 nitrogen and oxygen atoms in total. The average Bonchev–Trinajstić information content (AvgIpc) is 2.84. The molecule has 3 aromatic rings. The molecule has 0 unspecified atom stereocenters. The highest BCUT2D eigenvalue weighted by Gasteiger charge is 2.06. The summed E-state index contributed by atoms with van der Waals surface area (Å²) in [6.07, 6.45) is 7.39. The van der Waals surface area contributed by atoms with E-state index in [1.165, 1.54) is 5.56 Å². The van der Waals surface area contributed by atoms with E-state index in [1.807, 2.05) is 36.5 Å². The lowest BCUT2D eigenvalue weighted by Crippen LogP contribution is -1.99. The van der Waals surface area contributed by atoms with Crippen LogP contribution in [0.2, 0.25) is 0 Å². The monoisotopic (exact) mass is 250 g/mol. The fraction of sp³-hybridized carbons (Fsp3) is 0.125. The number of aromatic nitrogens is 2. The molecule has 0 atom stereocenters. The van der Waals surface area contributed by atoms with Crippen molar-refractivity contribution in [3.8, 4) is 0 Å². The minimum absolute atomic E-state index is 0.755. The minimum atomic E-state index is 0.755. The first-order valence-electron chi connectivity index (χ1n) is 6.30. The second-order valence-electron chi connectivity index (χ2n) is 4.52. The number of aldehydes is 1. The molecule has 94 valence electrons. The van der Waals surface area contributed by atoms with Crippen molar-refractivity contribution >= 4 is 17.2 Å². The molecule has 0 saturated carbocycles. The van der Waals surface area contributed by atoms with Gasteiger partial charge in [0.1, 0.15) is 0 Å². The van der Waals surface area contributed by atoms with E-state index in [1.54, 1.807) is 12.4 Å². The molecule has 0 radical (unpaired) electrons. The van der Waals surface area contributed by atoms with Gasteiger partial charge in [-0.1, -0.05) is 18.2 Å². The maximum Gasteiger partial charge on any atom is 0.152 e. The molecule has 0 aliphatic heterocycles. The molecule has 19 heavy (non-hydrogen) atoms. The Morgan fingerprint density at radius 3 is 2.68 bits per heavy atom.